The molecule has 0 spiro atoms. The number of carbonyl (C=O) groups is 3. The average Bonchev–Trinajstić information content (AvgIpc) is 3.26. The molecule has 0 aliphatic rings. The molecule has 2 aromatic carbocycles. The molecular weight excluding hydrogens is 510 g/mol. The minimum Gasteiger partial charge on any atom is -0.495 e. The molecule has 0 saturated carbocycles. The number of amides is 3. The maximum absolute atomic E-state index is 14.2. The predicted molar refractivity (Wildman–Crippen MR) is 145 cm³/mol. The molecule has 0 radical (unpaired) electrons. The molecule has 202 valence electrons. The van der Waals surface area contributed by atoms with E-state index in [4.69, 9.17) is 25.7 Å². The smallest absolute Gasteiger partial charge is 0.273 e. The number of hydrogen-bond acceptors (Lipinski definition) is 9. The van der Waals surface area contributed by atoms with Crippen molar-refractivity contribution >= 4 is 40.6 Å². The van der Waals surface area contributed by atoms with Crippen molar-refractivity contribution in [3.63, 3.8) is 0 Å². The Hall–Kier alpha value is -4.32. The molecule has 1 atom stereocenters. The van der Waals surface area contributed by atoms with Crippen molar-refractivity contribution in [3.8, 4) is 17.2 Å². The van der Waals surface area contributed by atoms with Crippen LogP contribution >= 0.6 is 11.5 Å². The number of methoxy groups -OCH3 is 3. The molecule has 11 nitrogen and oxygen atoms in total. The molecule has 0 fully saturated rings. The van der Waals surface area contributed by atoms with Gasteiger partial charge in [0, 0.05) is 5.54 Å². The summed E-state index contributed by atoms with van der Waals surface area (Å²) in [6, 6.07) is 10.4. The lowest BCUT2D eigenvalue weighted by Gasteiger charge is -2.34. The summed E-state index contributed by atoms with van der Waals surface area (Å²) in [5.41, 5.74) is 11.2. The Kier molecular flexibility index (Phi) is 8.46. The van der Waals surface area contributed by atoms with Gasteiger partial charge in [0.2, 0.25) is 5.91 Å². The number of aromatic nitrogens is 1. The van der Waals surface area contributed by atoms with Gasteiger partial charge in [0.05, 0.1) is 32.7 Å². The van der Waals surface area contributed by atoms with Crippen molar-refractivity contribution in [2.24, 2.45) is 5.73 Å². The molecule has 0 unspecified atom stereocenters. The first-order valence-electron chi connectivity index (χ1n) is 11.5. The lowest BCUT2D eigenvalue weighted by molar-refractivity contribution is -0.123. The number of nitrogens with zero attached hydrogens (tertiary/aromatic N) is 2. The SMILES string of the molecule is COc1ccc([C@@H](C(=O)NC(C)(C)C)N(C(=O)c2snc(C(N)=O)c2N)c2ccccc2OC)cc1OC. The lowest BCUT2D eigenvalue weighted by atomic mass is 9.99. The molecule has 0 aliphatic carbocycles. The fourth-order valence-electron chi connectivity index (χ4n) is 3.81. The summed E-state index contributed by atoms with van der Waals surface area (Å²) in [4.78, 5) is 41.1. The van der Waals surface area contributed by atoms with Crippen molar-refractivity contribution < 1.29 is 28.6 Å². The van der Waals surface area contributed by atoms with E-state index < -0.39 is 29.3 Å². The van der Waals surface area contributed by atoms with E-state index in [9.17, 15) is 14.4 Å². The number of nitrogen functional groups attached to an aromatic ring is 1. The van der Waals surface area contributed by atoms with Gasteiger partial charge in [0.25, 0.3) is 11.8 Å². The monoisotopic (exact) mass is 541 g/mol. The van der Waals surface area contributed by atoms with E-state index in [-0.39, 0.29) is 21.9 Å². The molecule has 3 aromatic rings. The first-order valence-corrected chi connectivity index (χ1v) is 12.3. The van der Waals surface area contributed by atoms with Gasteiger partial charge in [-0.3, -0.25) is 19.3 Å². The highest BCUT2D eigenvalue weighted by molar-refractivity contribution is 7.09. The largest absolute Gasteiger partial charge is 0.495 e. The molecule has 3 rings (SSSR count). The summed E-state index contributed by atoms with van der Waals surface area (Å²) in [6.45, 7) is 5.48. The number of para-hydroxylation sites is 2. The van der Waals surface area contributed by atoms with Crippen molar-refractivity contribution in [2.75, 3.05) is 32.0 Å². The zero-order valence-corrected chi connectivity index (χ0v) is 22.8. The van der Waals surface area contributed by atoms with Crippen LogP contribution in [-0.2, 0) is 4.79 Å². The first-order chi connectivity index (χ1) is 17.9. The van der Waals surface area contributed by atoms with Crippen LogP contribution in [0.1, 0.15) is 52.5 Å². The van der Waals surface area contributed by atoms with Gasteiger partial charge in [-0.2, -0.15) is 4.37 Å². The van der Waals surface area contributed by atoms with Crippen LogP contribution in [0.3, 0.4) is 0 Å². The second kappa shape index (κ2) is 11.4. The van der Waals surface area contributed by atoms with Gasteiger partial charge in [-0.15, -0.1) is 0 Å². The van der Waals surface area contributed by atoms with E-state index in [2.05, 4.69) is 9.69 Å². The number of carbonyl (C=O) groups excluding carboxylic acids is 3. The van der Waals surface area contributed by atoms with Crippen LogP contribution in [0.5, 0.6) is 17.2 Å². The van der Waals surface area contributed by atoms with Gasteiger partial charge in [0.1, 0.15) is 16.7 Å². The van der Waals surface area contributed by atoms with Crippen LogP contribution in [0.15, 0.2) is 42.5 Å². The Labute approximate surface area is 224 Å². The van der Waals surface area contributed by atoms with Gasteiger partial charge < -0.3 is 31.0 Å². The molecule has 0 saturated heterocycles. The van der Waals surface area contributed by atoms with E-state index >= 15 is 0 Å². The minimum absolute atomic E-state index is 0.0567. The Balaban J connectivity index is 2.33. The fraction of sp³-hybridized carbons (Fsp3) is 0.308. The number of nitrogens with one attached hydrogen (secondary N) is 1. The van der Waals surface area contributed by atoms with Crippen molar-refractivity contribution in [1.29, 1.82) is 0 Å². The fourth-order valence-corrected chi connectivity index (χ4v) is 4.55. The summed E-state index contributed by atoms with van der Waals surface area (Å²) in [5, 5.41) is 2.95. The zero-order valence-electron chi connectivity index (χ0n) is 22.0. The molecule has 3 amide bonds. The van der Waals surface area contributed by atoms with Crippen molar-refractivity contribution in [1.82, 2.24) is 9.69 Å². The van der Waals surface area contributed by atoms with Gasteiger partial charge in [-0.05, 0) is 62.1 Å². The Morgan fingerprint density at radius 3 is 2.16 bits per heavy atom. The number of primary amides is 1. The highest BCUT2D eigenvalue weighted by atomic mass is 32.1. The number of nitrogens with two attached hydrogens (primary N) is 2. The molecule has 0 aliphatic heterocycles. The number of benzene rings is 2. The third-order valence-electron chi connectivity index (χ3n) is 5.45. The van der Waals surface area contributed by atoms with E-state index in [1.54, 1.807) is 42.5 Å². The van der Waals surface area contributed by atoms with Gasteiger partial charge in [-0.1, -0.05) is 18.2 Å². The third kappa shape index (κ3) is 5.80. The Morgan fingerprint density at radius 1 is 0.974 bits per heavy atom. The standard InChI is InChI=1S/C26H31N5O6S/c1-26(2,3)29-24(33)21(14-11-12-17(36-5)18(13-14)37-6)31(15-9-7-8-10-16(15)35-4)25(34)22-19(27)20(23(28)32)30-38-22/h7-13,21H,27H2,1-6H3,(H2,28,32)(H,29,33)/t21-/m0/s1. The van der Waals surface area contributed by atoms with E-state index in [0.717, 1.165) is 0 Å². The molecule has 38 heavy (non-hydrogen) atoms. The van der Waals surface area contributed by atoms with E-state index in [1.165, 1.54) is 26.2 Å². The summed E-state index contributed by atoms with van der Waals surface area (Å²) >= 11 is 0.716. The maximum atomic E-state index is 14.2. The van der Waals surface area contributed by atoms with Crippen LogP contribution in [0.25, 0.3) is 0 Å². The Bertz CT molecular complexity index is 1350. The van der Waals surface area contributed by atoms with Gasteiger partial charge in [0.15, 0.2) is 17.2 Å². The van der Waals surface area contributed by atoms with Gasteiger partial charge >= 0.3 is 0 Å². The Morgan fingerprint density at radius 2 is 1.61 bits per heavy atom. The first kappa shape index (κ1) is 28.3. The molecule has 1 heterocycles. The number of ether oxygens (including phenoxy) is 3. The second-order valence-electron chi connectivity index (χ2n) is 9.24. The second-order valence-corrected chi connectivity index (χ2v) is 10.0. The normalized spacial score (nSPS) is 11.8. The average molecular weight is 542 g/mol. The molecule has 5 N–H and O–H groups in total. The summed E-state index contributed by atoms with van der Waals surface area (Å²) in [6.07, 6.45) is 0. The topological polar surface area (TPSA) is 159 Å². The quantitative estimate of drug-likeness (QED) is 0.373. The van der Waals surface area contributed by atoms with Gasteiger partial charge in [-0.25, -0.2) is 0 Å². The summed E-state index contributed by atoms with van der Waals surface area (Å²) in [7, 11) is 4.42. The number of anilines is 2. The molecule has 12 heteroatoms. The minimum atomic E-state index is -1.23. The lowest BCUT2D eigenvalue weighted by Crippen LogP contribution is -2.49. The summed E-state index contributed by atoms with van der Waals surface area (Å²) < 4.78 is 20.3. The summed E-state index contributed by atoms with van der Waals surface area (Å²) in [5.74, 6) is -0.904. The van der Waals surface area contributed by atoms with E-state index in [0.29, 0.717) is 34.3 Å². The molecule has 1 aromatic heterocycles. The maximum Gasteiger partial charge on any atom is 0.273 e. The van der Waals surface area contributed by atoms with Crippen LogP contribution < -0.4 is 35.9 Å². The predicted octanol–water partition coefficient (Wildman–Crippen LogP) is 3.15. The molecule has 0 bridgehead atoms. The number of hydrogen-bond donors (Lipinski definition) is 3. The van der Waals surface area contributed by atoms with Crippen LogP contribution in [0.4, 0.5) is 11.4 Å². The van der Waals surface area contributed by atoms with Crippen molar-refractivity contribution in [3.05, 3.63) is 58.6 Å². The zero-order chi connectivity index (χ0) is 28.2. The highest BCUT2D eigenvalue weighted by Gasteiger charge is 2.38. The van der Waals surface area contributed by atoms with Crippen LogP contribution in [-0.4, -0.2) is 49.0 Å². The van der Waals surface area contributed by atoms with Crippen LogP contribution in [0.2, 0.25) is 0 Å². The number of rotatable bonds is 9. The third-order valence-corrected chi connectivity index (χ3v) is 6.30. The molecular formula is C26H31N5O6S. The van der Waals surface area contributed by atoms with Crippen molar-refractivity contribution in [2.45, 2.75) is 32.4 Å². The van der Waals surface area contributed by atoms with E-state index in [1.807, 2.05) is 20.8 Å². The highest BCUT2D eigenvalue weighted by Crippen LogP contribution is 2.40. The van der Waals surface area contributed by atoms with Crippen LogP contribution in [0, 0.1) is 0 Å².